The zero-order chi connectivity index (χ0) is 11.4. The number of rotatable bonds is 4. The Bertz CT molecular complexity index is 470. The Kier molecular flexibility index (Phi) is 3.80. The van der Waals surface area contributed by atoms with E-state index in [9.17, 15) is 0 Å². The van der Waals surface area contributed by atoms with Gasteiger partial charge in [-0.05, 0) is 18.4 Å². The normalized spacial score (nSPS) is 12.9. The molecule has 0 amide bonds. The fourth-order valence-electron chi connectivity index (χ4n) is 1.76. The minimum absolute atomic E-state index is 0.198. The summed E-state index contributed by atoms with van der Waals surface area (Å²) in [5.41, 5.74) is 8.14. The Hall–Kier alpha value is -1.06. The van der Waals surface area contributed by atoms with Crippen LogP contribution in [0.2, 0.25) is 0 Å². The van der Waals surface area contributed by atoms with Crippen molar-refractivity contribution in [2.75, 3.05) is 12.0 Å². The van der Waals surface area contributed by atoms with Crippen LogP contribution in [0.5, 0.6) is 0 Å². The molecule has 1 atom stereocenters. The molecule has 0 spiro atoms. The lowest BCUT2D eigenvalue weighted by Gasteiger charge is -2.09. The lowest BCUT2D eigenvalue weighted by molar-refractivity contribution is 0.735. The summed E-state index contributed by atoms with van der Waals surface area (Å²) in [4.78, 5) is 4.61. The molecule has 2 rings (SSSR count). The van der Waals surface area contributed by atoms with Crippen molar-refractivity contribution in [3.05, 3.63) is 42.1 Å². The second-order valence-electron chi connectivity index (χ2n) is 3.91. The van der Waals surface area contributed by atoms with Crippen molar-refractivity contribution in [3.8, 4) is 0 Å². The van der Waals surface area contributed by atoms with Crippen LogP contribution in [0.4, 0.5) is 0 Å². The molecule has 0 aliphatic rings. The van der Waals surface area contributed by atoms with Crippen LogP contribution < -0.4 is 5.73 Å². The second-order valence-corrected chi connectivity index (χ2v) is 4.83. The number of benzene rings is 1. The molecule has 1 heterocycles. The minimum atomic E-state index is 0.198. The molecule has 0 bridgehead atoms. The Labute approximate surface area is 100 Å². The van der Waals surface area contributed by atoms with E-state index in [1.165, 1.54) is 5.39 Å². The smallest absolute Gasteiger partial charge is 0.0705 e. The van der Waals surface area contributed by atoms with Gasteiger partial charge >= 0.3 is 0 Å². The van der Waals surface area contributed by atoms with E-state index in [0.29, 0.717) is 0 Å². The lowest BCUT2D eigenvalue weighted by Crippen LogP contribution is -2.25. The summed E-state index contributed by atoms with van der Waals surface area (Å²) in [6.07, 6.45) is 2.93. The van der Waals surface area contributed by atoms with E-state index in [4.69, 9.17) is 5.73 Å². The third-order valence-electron chi connectivity index (χ3n) is 2.51. The van der Waals surface area contributed by atoms with Crippen molar-refractivity contribution in [2.24, 2.45) is 5.73 Å². The second kappa shape index (κ2) is 5.32. The van der Waals surface area contributed by atoms with Crippen LogP contribution in [0.25, 0.3) is 10.9 Å². The first-order chi connectivity index (χ1) is 7.79. The average molecular weight is 232 g/mol. The van der Waals surface area contributed by atoms with E-state index in [1.807, 2.05) is 18.2 Å². The van der Waals surface area contributed by atoms with Crippen molar-refractivity contribution in [2.45, 2.75) is 12.5 Å². The molecule has 2 aromatic rings. The van der Waals surface area contributed by atoms with Gasteiger partial charge in [-0.15, -0.1) is 0 Å². The van der Waals surface area contributed by atoms with E-state index < -0.39 is 0 Å². The predicted octanol–water partition coefficient (Wildman–Crippen LogP) is 2.47. The number of hydrogen-bond donors (Lipinski definition) is 1. The molecule has 1 aromatic heterocycles. The molecule has 0 aliphatic heterocycles. The highest BCUT2D eigenvalue weighted by molar-refractivity contribution is 7.98. The highest BCUT2D eigenvalue weighted by atomic mass is 32.2. The van der Waals surface area contributed by atoms with Crippen molar-refractivity contribution in [1.29, 1.82) is 0 Å². The van der Waals surface area contributed by atoms with E-state index in [0.717, 1.165) is 23.4 Å². The topological polar surface area (TPSA) is 38.9 Å². The van der Waals surface area contributed by atoms with Gasteiger partial charge in [0.05, 0.1) is 5.52 Å². The first-order valence-corrected chi connectivity index (χ1v) is 6.78. The van der Waals surface area contributed by atoms with Crippen LogP contribution in [0.1, 0.15) is 5.69 Å². The molecule has 2 N–H and O–H groups in total. The number of nitrogens with two attached hydrogens (primary N) is 1. The number of para-hydroxylation sites is 1. The molecule has 0 fully saturated rings. The Balaban J connectivity index is 2.19. The number of aromatic nitrogens is 1. The largest absolute Gasteiger partial charge is 0.327 e. The molecule has 2 nitrogen and oxygen atoms in total. The first-order valence-electron chi connectivity index (χ1n) is 5.39. The summed E-state index contributed by atoms with van der Waals surface area (Å²) in [6, 6.07) is 12.5. The fourth-order valence-corrected chi connectivity index (χ4v) is 2.31. The minimum Gasteiger partial charge on any atom is -0.327 e. The third kappa shape index (κ3) is 2.74. The molecule has 0 saturated carbocycles. The summed E-state index contributed by atoms with van der Waals surface area (Å²) < 4.78 is 0. The van der Waals surface area contributed by atoms with Gasteiger partial charge in [-0.25, -0.2) is 0 Å². The van der Waals surface area contributed by atoms with Gasteiger partial charge in [0.25, 0.3) is 0 Å². The van der Waals surface area contributed by atoms with Crippen molar-refractivity contribution in [1.82, 2.24) is 4.98 Å². The SMILES string of the molecule is CSCC(N)Cc1ccc2ccccc2n1. The quantitative estimate of drug-likeness (QED) is 0.880. The number of fused-ring (bicyclic) bond motifs is 1. The summed E-state index contributed by atoms with van der Waals surface area (Å²) in [5.74, 6) is 0.981. The maximum absolute atomic E-state index is 6.00. The average Bonchev–Trinajstić information content (AvgIpc) is 2.29. The van der Waals surface area contributed by atoms with Gasteiger partial charge in [-0.3, -0.25) is 4.98 Å². The van der Waals surface area contributed by atoms with Crippen LogP contribution in [0.15, 0.2) is 36.4 Å². The highest BCUT2D eigenvalue weighted by Crippen LogP contribution is 2.13. The molecule has 1 unspecified atom stereocenters. The molecule has 3 heteroatoms. The molecule has 0 saturated heterocycles. The Morgan fingerprint density at radius 1 is 1.25 bits per heavy atom. The van der Waals surface area contributed by atoms with Crippen LogP contribution in [0, 0.1) is 0 Å². The highest BCUT2D eigenvalue weighted by Gasteiger charge is 2.04. The van der Waals surface area contributed by atoms with E-state index in [-0.39, 0.29) is 6.04 Å². The fraction of sp³-hybridized carbons (Fsp3) is 0.308. The monoisotopic (exact) mass is 232 g/mol. The molecule has 1 aromatic carbocycles. The van der Waals surface area contributed by atoms with Crippen LogP contribution in [-0.2, 0) is 6.42 Å². The summed E-state index contributed by atoms with van der Waals surface area (Å²) in [5, 5.41) is 1.18. The number of pyridine rings is 1. The Morgan fingerprint density at radius 3 is 2.88 bits per heavy atom. The third-order valence-corrected chi connectivity index (χ3v) is 3.27. The van der Waals surface area contributed by atoms with Gasteiger partial charge in [-0.1, -0.05) is 24.3 Å². The summed E-state index contributed by atoms with van der Waals surface area (Å²) in [7, 11) is 0. The van der Waals surface area contributed by atoms with Crippen LogP contribution >= 0.6 is 11.8 Å². The number of hydrogen-bond acceptors (Lipinski definition) is 3. The molecule has 84 valence electrons. The van der Waals surface area contributed by atoms with E-state index in [2.05, 4.69) is 29.4 Å². The number of thioether (sulfide) groups is 1. The van der Waals surface area contributed by atoms with E-state index >= 15 is 0 Å². The standard InChI is InChI=1S/C13H16N2S/c1-16-9-11(14)8-12-7-6-10-4-2-3-5-13(10)15-12/h2-7,11H,8-9,14H2,1H3. The van der Waals surface area contributed by atoms with Crippen LogP contribution in [0.3, 0.4) is 0 Å². The summed E-state index contributed by atoms with van der Waals surface area (Å²) >= 11 is 1.78. The molecule has 16 heavy (non-hydrogen) atoms. The van der Waals surface area contributed by atoms with Crippen molar-refractivity contribution < 1.29 is 0 Å². The van der Waals surface area contributed by atoms with Crippen molar-refractivity contribution >= 4 is 22.7 Å². The van der Waals surface area contributed by atoms with Crippen molar-refractivity contribution in [3.63, 3.8) is 0 Å². The Morgan fingerprint density at radius 2 is 2.06 bits per heavy atom. The zero-order valence-electron chi connectivity index (χ0n) is 9.39. The lowest BCUT2D eigenvalue weighted by atomic mass is 10.1. The molecular formula is C13H16N2S. The zero-order valence-corrected chi connectivity index (χ0v) is 10.2. The van der Waals surface area contributed by atoms with Gasteiger partial charge in [0.2, 0.25) is 0 Å². The first kappa shape index (κ1) is 11.4. The molecule has 0 aliphatic carbocycles. The van der Waals surface area contributed by atoms with Gasteiger partial charge in [0, 0.05) is 29.3 Å². The number of nitrogens with zero attached hydrogens (tertiary/aromatic N) is 1. The maximum Gasteiger partial charge on any atom is 0.0705 e. The molecular weight excluding hydrogens is 216 g/mol. The summed E-state index contributed by atoms with van der Waals surface area (Å²) in [6.45, 7) is 0. The van der Waals surface area contributed by atoms with Gasteiger partial charge in [0.15, 0.2) is 0 Å². The maximum atomic E-state index is 6.00. The van der Waals surface area contributed by atoms with Gasteiger partial charge < -0.3 is 5.73 Å². The van der Waals surface area contributed by atoms with Gasteiger partial charge in [0.1, 0.15) is 0 Å². The molecule has 0 radical (unpaired) electrons. The van der Waals surface area contributed by atoms with Gasteiger partial charge in [-0.2, -0.15) is 11.8 Å². The predicted molar refractivity (Wildman–Crippen MR) is 71.8 cm³/mol. The van der Waals surface area contributed by atoms with Crippen LogP contribution in [-0.4, -0.2) is 23.0 Å². The van der Waals surface area contributed by atoms with E-state index in [1.54, 1.807) is 11.8 Å².